The van der Waals surface area contributed by atoms with E-state index in [0.29, 0.717) is 5.69 Å². The van der Waals surface area contributed by atoms with Crippen molar-refractivity contribution in [1.29, 1.82) is 0 Å². The molecule has 5 heteroatoms. The highest BCUT2D eigenvalue weighted by molar-refractivity contribution is 6.04. The number of imidazole rings is 1. The third-order valence-electron chi connectivity index (χ3n) is 4.09. The van der Waals surface area contributed by atoms with Crippen molar-refractivity contribution in [3.05, 3.63) is 66.7 Å². The molecule has 3 heterocycles. The van der Waals surface area contributed by atoms with Gasteiger partial charge in [0.05, 0.1) is 0 Å². The van der Waals surface area contributed by atoms with E-state index in [-0.39, 0.29) is 5.91 Å². The Labute approximate surface area is 139 Å². The van der Waals surface area contributed by atoms with Crippen molar-refractivity contribution in [2.24, 2.45) is 0 Å². The third-order valence-corrected chi connectivity index (χ3v) is 4.09. The van der Waals surface area contributed by atoms with E-state index < -0.39 is 0 Å². The number of anilines is 1. The summed E-state index contributed by atoms with van der Waals surface area (Å²) in [6, 6.07) is 13.7. The molecule has 0 radical (unpaired) electrons. The molecule has 0 aliphatic carbocycles. The predicted molar refractivity (Wildman–Crippen MR) is 95.4 cm³/mol. The third kappa shape index (κ3) is 2.54. The quantitative estimate of drug-likeness (QED) is 0.619. The monoisotopic (exact) mass is 318 g/mol. The Morgan fingerprint density at radius 1 is 1.17 bits per heavy atom. The number of rotatable bonds is 4. The molecular weight excluding hydrogens is 300 g/mol. The van der Waals surface area contributed by atoms with Gasteiger partial charge >= 0.3 is 0 Å². The molecule has 4 aromatic rings. The number of benzene rings is 1. The molecule has 4 rings (SSSR count). The summed E-state index contributed by atoms with van der Waals surface area (Å²) in [5.74, 6) is -0.203. The van der Waals surface area contributed by atoms with Crippen LogP contribution in [0.1, 0.15) is 23.8 Å². The Bertz CT molecular complexity index is 995. The summed E-state index contributed by atoms with van der Waals surface area (Å²) in [6.07, 6.45) is 6.79. The molecule has 0 saturated carbocycles. The van der Waals surface area contributed by atoms with Gasteiger partial charge in [0.1, 0.15) is 11.3 Å². The van der Waals surface area contributed by atoms with E-state index in [2.05, 4.69) is 34.1 Å². The van der Waals surface area contributed by atoms with Crippen molar-refractivity contribution >= 4 is 28.1 Å². The van der Waals surface area contributed by atoms with Crippen LogP contribution in [-0.4, -0.2) is 19.9 Å². The Hall–Kier alpha value is -3.08. The van der Waals surface area contributed by atoms with Crippen LogP contribution in [-0.2, 0) is 6.54 Å². The van der Waals surface area contributed by atoms with Gasteiger partial charge in [0.2, 0.25) is 0 Å². The molecule has 0 aliphatic heterocycles. The first-order chi connectivity index (χ1) is 11.7. The Morgan fingerprint density at radius 2 is 2.08 bits per heavy atom. The van der Waals surface area contributed by atoms with Crippen molar-refractivity contribution < 1.29 is 4.79 Å². The lowest BCUT2D eigenvalue weighted by molar-refractivity contribution is 0.102. The summed E-state index contributed by atoms with van der Waals surface area (Å²) >= 11 is 0. The van der Waals surface area contributed by atoms with Crippen molar-refractivity contribution in [1.82, 2.24) is 14.0 Å². The number of nitrogens with zero attached hydrogens (tertiary/aromatic N) is 3. The van der Waals surface area contributed by atoms with E-state index in [4.69, 9.17) is 0 Å². The highest BCUT2D eigenvalue weighted by Crippen LogP contribution is 2.21. The Kier molecular flexibility index (Phi) is 3.54. The first-order valence-corrected chi connectivity index (χ1v) is 8.08. The first kappa shape index (κ1) is 14.5. The molecule has 0 aliphatic rings. The zero-order chi connectivity index (χ0) is 16.5. The molecule has 3 aromatic heterocycles. The zero-order valence-electron chi connectivity index (χ0n) is 13.4. The molecule has 120 valence electrons. The highest BCUT2D eigenvalue weighted by Gasteiger charge is 2.11. The molecule has 0 fully saturated rings. The van der Waals surface area contributed by atoms with Gasteiger partial charge in [0.15, 0.2) is 0 Å². The predicted octanol–water partition coefficient (Wildman–Crippen LogP) is 3.95. The second kappa shape index (κ2) is 5.85. The summed E-state index contributed by atoms with van der Waals surface area (Å²) in [4.78, 5) is 16.8. The minimum Gasteiger partial charge on any atom is -0.347 e. The van der Waals surface area contributed by atoms with E-state index in [1.54, 1.807) is 6.20 Å². The maximum atomic E-state index is 12.4. The minimum atomic E-state index is -0.203. The number of hydrogen-bond acceptors (Lipinski definition) is 2. The minimum absolute atomic E-state index is 0.203. The standard InChI is InChI=1S/C19H18N4O/c1-2-9-22-11-8-14-12-15(6-7-17(14)22)20-19(24)16-13-23-10-4-3-5-18(23)21-16/h3-8,10-13H,2,9H2,1H3,(H,20,24). The summed E-state index contributed by atoms with van der Waals surface area (Å²) in [7, 11) is 0. The molecule has 1 aromatic carbocycles. The zero-order valence-corrected chi connectivity index (χ0v) is 13.4. The topological polar surface area (TPSA) is 51.3 Å². The number of fused-ring (bicyclic) bond motifs is 2. The number of amides is 1. The van der Waals surface area contributed by atoms with E-state index in [1.807, 2.05) is 47.0 Å². The van der Waals surface area contributed by atoms with Crippen LogP contribution in [0.25, 0.3) is 16.6 Å². The number of carbonyl (C=O) groups excluding carboxylic acids is 1. The van der Waals surface area contributed by atoms with Crippen LogP contribution >= 0.6 is 0 Å². The summed E-state index contributed by atoms with van der Waals surface area (Å²) in [5, 5.41) is 4.05. The van der Waals surface area contributed by atoms with Gasteiger partial charge in [-0.1, -0.05) is 13.0 Å². The first-order valence-electron chi connectivity index (χ1n) is 8.08. The summed E-state index contributed by atoms with van der Waals surface area (Å²) in [6.45, 7) is 3.16. The summed E-state index contributed by atoms with van der Waals surface area (Å²) in [5.41, 5.74) is 3.13. The largest absolute Gasteiger partial charge is 0.347 e. The van der Waals surface area contributed by atoms with E-state index >= 15 is 0 Å². The Balaban J connectivity index is 1.60. The maximum absolute atomic E-state index is 12.4. The van der Waals surface area contributed by atoms with Crippen LogP contribution in [0.3, 0.4) is 0 Å². The number of aryl methyl sites for hydroxylation is 1. The average molecular weight is 318 g/mol. The van der Waals surface area contributed by atoms with Crippen LogP contribution < -0.4 is 5.32 Å². The van der Waals surface area contributed by atoms with Crippen molar-refractivity contribution in [2.45, 2.75) is 19.9 Å². The van der Waals surface area contributed by atoms with Crippen LogP contribution in [0.5, 0.6) is 0 Å². The molecule has 0 bridgehead atoms. The van der Waals surface area contributed by atoms with Gasteiger partial charge in [0, 0.05) is 41.7 Å². The number of aromatic nitrogens is 3. The Morgan fingerprint density at radius 3 is 2.92 bits per heavy atom. The number of hydrogen-bond donors (Lipinski definition) is 1. The van der Waals surface area contributed by atoms with Gasteiger partial charge in [-0.15, -0.1) is 0 Å². The lowest BCUT2D eigenvalue weighted by atomic mass is 10.2. The number of pyridine rings is 1. The second-order valence-electron chi connectivity index (χ2n) is 5.83. The van der Waals surface area contributed by atoms with Crippen molar-refractivity contribution in [3.8, 4) is 0 Å². The molecule has 0 unspecified atom stereocenters. The van der Waals surface area contributed by atoms with Gasteiger partial charge in [0.25, 0.3) is 5.91 Å². The van der Waals surface area contributed by atoms with Gasteiger partial charge < -0.3 is 14.3 Å². The molecule has 5 nitrogen and oxygen atoms in total. The second-order valence-corrected chi connectivity index (χ2v) is 5.83. The van der Waals surface area contributed by atoms with Crippen molar-refractivity contribution in [2.75, 3.05) is 5.32 Å². The van der Waals surface area contributed by atoms with E-state index in [1.165, 1.54) is 5.52 Å². The number of nitrogens with one attached hydrogen (secondary N) is 1. The molecule has 24 heavy (non-hydrogen) atoms. The summed E-state index contributed by atoms with van der Waals surface area (Å²) < 4.78 is 4.06. The molecule has 0 atom stereocenters. The van der Waals surface area contributed by atoms with E-state index in [0.717, 1.165) is 29.7 Å². The lowest BCUT2D eigenvalue weighted by Gasteiger charge is -2.06. The van der Waals surface area contributed by atoms with Crippen LogP contribution in [0, 0.1) is 0 Å². The normalized spacial score (nSPS) is 11.2. The molecule has 0 saturated heterocycles. The van der Waals surface area contributed by atoms with Crippen LogP contribution in [0.2, 0.25) is 0 Å². The molecule has 0 spiro atoms. The average Bonchev–Trinajstić information content (AvgIpc) is 3.19. The fourth-order valence-corrected chi connectivity index (χ4v) is 2.95. The smallest absolute Gasteiger partial charge is 0.275 e. The van der Waals surface area contributed by atoms with Gasteiger partial charge in [-0.05, 0) is 42.8 Å². The van der Waals surface area contributed by atoms with Crippen LogP contribution in [0.4, 0.5) is 5.69 Å². The van der Waals surface area contributed by atoms with Gasteiger partial charge in [-0.3, -0.25) is 4.79 Å². The maximum Gasteiger partial charge on any atom is 0.275 e. The molecule has 1 amide bonds. The fourth-order valence-electron chi connectivity index (χ4n) is 2.95. The SMILES string of the molecule is CCCn1ccc2cc(NC(=O)c3cn4ccccc4n3)ccc21. The molecular formula is C19H18N4O. The molecule has 1 N–H and O–H groups in total. The number of carbonyl (C=O) groups is 1. The van der Waals surface area contributed by atoms with Crippen LogP contribution in [0.15, 0.2) is 61.1 Å². The van der Waals surface area contributed by atoms with Gasteiger partial charge in [-0.25, -0.2) is 4.98 Å². The highest BCUT2D eigenvalue weighted by atomic mass is 16.1. The van der Waals surface area contributed by atoms with Crippen molar-refractivity contribution in [3.63, 3.8) is 0 Å². The van der Waals surface area contributed by atoms with Gasteiger partial charge in [-0.2, -0.15) is 0 Å². The van der Waals surface area contributed by atoms with E-state index in [9.17, 15) is 4.79 Å². The lowest BCUT2D eigenvalue weighted by Crippen LogP contribution is -2.12. The fraction of sp³-hybridized carbons (Fsp3) is 0.158.